The summed E-state index contributed by atoms with van der Waals surface area (Å²) in [5.41, 5.74) is 0.454. The SMILES string of the molecule is C#CCC(Nc1nccn2cnnc12)C(=O)O. The minimum atomic E-state index is -1.04. The van der Waals surface area contributed by atoms with Gasteiger partial charge in [-0.25, -0.2) is 9.78 Å². The van der Waals surface area contributed by atoms with Gasteiger partial charge < -0.3 is 10.4 Å². The molecule has 2 N–H and O–H groups in total. The van der Waals surface area contributed by atoms with Gasteiger partial charge in [0.05, 0.1) is 0 Å². The molecule has 0 saturated heterocycles. The average Bonchev–Trinajstić information content (AvgIpc) is 2.77. The standard InChI is InChI=1S/C10H9N5O2/c1-2-3-7(10(16)17)13-8-9-14-12-6-15(9)5-4-11-8/h1,4-7H,3H2,(H,11,13)(H,16,17). The predicted molar refractivity (Wildman–Crippen MR) is 59.3 cm³/mol. The first-order chi connectivity index (χ1) is 8.22. The molecule has 7 heteroatoms. The molecule has 1 unspecified atom stereocenters. The molecule has 17 heavy (non-hydrogen) atoms. The summed E-state index contributed by atoms with van der Waals surface area (Å²) in [6.07, 6.45) is 9.85. The summed E-state index contributed by atoms with van der Waals surface area (Å²) in [6, 6.07) is -0.893. The zero-order chi connectivity index (χ0) is 12.3. The van der Waals surface area contributed by atoms with Crippen LogP contribution < -0.4 is 5.32 Å². The second-order valence-corrected chi connectivity index (χ2v) is 3.28. The van der Waals surface area contributed by atoms with Crippen molar-refractivity contribution < 1.29 is 9.90 Å². The lowest BCUT2D eigenvalue weighted by Crippen LogP contribution is -2.29. The molecule has 0 aromatic carbocycles. The minimum Gasteiger partial charge on any atom is -0.480 e. The summed E-state index contributed by atoms with van der Waals surface area (Å²) in [7, 11) is 0. The van der Waals surface area contributed by atoms with Gasteiger partial charge in [-0.05, 0) is 0 Å². The van der Waals surface area contributed by atoms with E-state index in [2.05, 4.69) is 26.4 Å². The molecule has 2 aromatic heterocycles. The number of rotatable bonds is 4. The van der Waals surface area contributed by atoms with Gasteiger partial charge in [0.25, 0.3) is 0 Å². The molecular weight excluding hydrogens is 222 g/mol. The average molecular weight is 231 g/mol. The summed E-state index contributed by atoms with van der Waals surface area (Å²) in [5.74, 6) is 1.60. The minimum absolute atomic E-state index is 0.0617. The lowest BCUT2D eigenvalue weighted by atomic mass is 10.2. The van der Waals surface area contributed by atoms with E-state index in [-0.39, 0.29) is 6.42 Å². The molecule has 0 aliphatic carbocycles. The highest BCUT2D eigenvalue weighted by molar-refractivity contribution is 5.79. The third-order valence-electron chi connectivity index (χ3n) is 2.15. The normalized spacial score (nSPS) is 11.9. The van der Waals surface area contributed by atoms with E-state index < -0.39 is 12.0 Å². The van der Waals surface area contributed by atoms with Crippen LogP contribution in [0.5, 0.6) is 0 Å². The highest BCUT2D eigenvalue weighted by Crippen LogP contribution is 2.12. The van der Waals surface area contributed by atoms with Crippen molar-refractivity contribution >= 4 is 17.4 Å². The Labute approximate surface area is 96.5 Å². The van der Waals surface area contributed by atoms with E-state index in [0.717, 1.165) is 0 Å². The molecule has 86 valence electrons. The van der Waals surface area contributed by atoms with Crippen molar-refractivity contribution in [2.45, 2.75) is 12.5 Å². The maximum absolute atomic E-state index is 10.9. The highest BCUT2D eigenvalue weighted by atomic mass is 16.4. The quantitative estimate of drug-likeness (QED) is 0.720. The number of hydrogen-bond acceptors (Lipinski definition) is 5. The number of hydrogen-bond donors (Lipinski definition) is 2. The first-order valence-electron chi connectivity index (χ1n) is 4.79. The van der Waals surface area contributed by atoms with Crippen molar-refractivity contribution in [3.63, 3.8) is 0 Å². The van der Waals surface area contributed by atoms with Gasteiger partial charge >= 0.3 is 5.97 Å². The fraction of sp³-hybridized carbons (Fsp3) is 0.200. The fourth-order valence-electron chi connectivity index (χ4n) is 1.34. The van der Waals surface area contributed by atoms with E-state index in [1.165, 1.54) is 12.5 Å². The fourth-order valence-corrected chi connectivity index (χ4v) is 1.34. The van der Waals surface area contributed by atoms with Crippen molar-refractivity contribution in [3.05, 3.63) is 18.7 Å². The van der Waals surface area contributed by atoms with Crippen LogP contribution in [0.1, 0.15) is 6.42 Å². The third kappa shape index (κ3) is 2.15. The number of aromatic nitrogens is 4. The molecule has 2 aromatic rings. The molecule has 0 radical (unpaired) electrons. The summed E-state index contributed by atoms with van der Waals surface area (Å²) >= 11 is 0. The summed E-state index contributed by atoms with van der Waals surface area (Å²) < 4.78 is 1.63. The first kappa shape index (κ1) is 10.9. The van der Waals surface area contributed by atoms with Crippen LogP contribution in [0.4, 0.5) is 5.82 Å². The van der Waals surface area contributed by atoms with Gasteiger partial charge in [0.2, 0.25) is 5.65 Å². The number of nitrogens with zero attached hydrogens (tertiary/aromatic N) is 4. The van der Waals surface area contributed by atoms with Gasteiger partial charge in [0, 0.05) is 18.8 Å². The smallest absolute Gasteiger partial charge is 0.327 e. The molecule has 1 atom stereocenters. The molecular formula is C10H9N5O2. The Morgan fingerprint density at radius 2 is 2.53 bits per heavy atom. The first-order valence-corrected chi connectivity index (χ1v) is 4.79. The van der Waals surface area contributed by atoms with Crippen LogP contribution in [0.2, 0.25) is 0 Å². The molecule has 0 saturated carbocycles. The maximum Gasteiger partial charge on any atom is 0.327 e. The van der Waals surface area contributed by atoms with E-state index in [1.54, 1.807) is 10.6 Å². The van der Waals surface area contributed by atoms with Gasteiger partial charge in [0.15, 0.2) is 5.82 Å². The van der Waals surface area contributed by atoms with Crippen LogP contribution in [0.25, 0.3) is 5.65 Å². The summed E-state index contributed by atoms with van der Waals surface area (Å²) in [6.45, 7) is 0. The Bertz CT molecular complexity index is 586. The van der Waals surface area contributed by atoms with Crippen LogP contribution in [0, 0.1) is 12.3 Å². The molecule has 7 nitrogen and oxygen atoms in total. The number of anilines is 1. The van der Waals surface area contributed by atoms with Crippen LogP contribution in [0.3, 0.4) is 0 Å². The van der Waals surface area contributed by atoms with Crippen LogP contribution >= 0.6 is 0 Å². The largest absolute Gasteiger partial charge is 0.480 e. The number of carbonyl (C=O) groups is 1. The van der Waals surface area contributed by atoms with E-state index in [0.29, 0.717) is 11.5 Å². The van der Waals surface area contributed by atoms with Crippen molar-refractivity contribution in [2.75, 3.05) is 5.32 Å². The topological polar surface area (TPSA) is 92.4 Å². The molecule has 0 spiro atoms. The van der Waals surface area contributed by atoms with E-state index in [1.807, 2.05) is 0 Å². The maximum atomic E-state index is 10.9. The van der Waals surface area contributed by atoms with Gasteiger partial charge in [-0.15, -0.1) is 22.5 Å². The Balaban J connectivity index is 2.31. The van der Waals surface area contributed by atoms with E-state index in [4.69, 9.17) is 11.5 Å². The van der Waals surface area contributed by atoms with Crippen LogP contribution in [0.15, 0.2) is 18.7 Å². The van der Waals surface area contributed by atoms with Gasteiger partial charge in [-0.3, -0.25) is 4.40 Å². The lowest BCUT2D eigenvalue weighted by molar-refractivity contribution is -0.137. The number of aliphatic carboxylic acids is 1. The summed E-state index contributed by atoms with van der Waals surface area (Å²) in [5, 5.41) is 19.2. The van der Waals surface area contributed by atoms with Gasteiger partial charge in [0.1, 0.15) is 12.4 Å². The lowest BCUT2D eigenvalue weighted by Gasteiger charge is -2.12. The molecule has 0 aliphatic heterocycles. The number of terminal acetylenes is 1. The van der Waals surface area contributed by atoms with Crippen molar-refractivity contribution in [1.82, 2.24) is 19.6 Å². The monoisotopic (exact) mass is 231 g/mol. The van der Waals surface area contributed by atoms with Crippen molar-refractivity contribution in [1.29, 1.82) is 0 Å². The second kappa shape index (κ2) is 4.49. The number of carboxylic acids is 1. The van der Waals surface area contributed by atoms with E-state index in [9.17, 15) is 4.79 Å². The molecule has 2 heterocycles. The van der Waals surface area contributed by atoms with E-state index >= 15 is 0 Å². The Morgan fingerprint density at radius 3 is 3.24 bits per heavy atom. The van der Waals surface area contributed by atoms with Crippen molar-refractivity contribution in [3.8, 4) is 12.3 Å². The summed E-state index contributed by atoms with van der Waals surface area (Å²) in [4.78, 5) is 15.0. The molecule has 2 rings (SSSR count). The van der Waals surface area contributed by atoms with Crippen LogP contribution in [-0.4, -0.2) is 36.7 Å². The third-order valence-corrected chi connectivity index (χ3v) is 2.15. The molecule has 0 fully saturated rings. The van der Waals surface area contributed by atoms with Gasteiger partial charge in [-0.2, -0.15) is 0 Å². The molecule has 0 amide bonds. The second-order valence-electron chi connectivity index (χ2n) is 3.28. The zero-order valence-corrected chi connectivity index (χ0v) is 8.74. The Kier molecular flexibility index (Phi) is 2.87. The van der Waals surface area contributed by atoms with Crippen LogP contribution in [-0.2, 0) is 4.79 Å². The highest BCUT2D eigenvalue weighted by Gasteiger charge is 2.18. The number of fused-ring (bicyclic) bond motifs is 1. The van der Waals surface area contributed by atoms with Crippen molar-refractivity contribution in [2.24, 2.45) is 0 Å². The Hall–Kier alpha value is -2.62. The predicted octanol–water partition coefficient (Wildman–Crippen LogP) is 0.0127. The zero-order valence-electron chi connectivity index (χ0n) is 8.74. The molecule has 0 bridgehead atoms. The number of carboxylic acid groups (broad SMARTS) is 1. The molecule has 0 aliphatic rings. The Morgan fingerprint density at radius 1 is 1.71 bits per heavy atom. The van der Waals surface area contributed by atoms with Gasteiger partial charge in [-0.1, -0.05) is 0 Å². The number of nitrogens with one attached hydrogen (secondary N) is 1.